The van der Waals surface area contributed by atoms with Crippen LogP contribution in [0.2, 0.25) is 0 Å². The van der Waals surface area contributed by atoms with Crippen LogP contribution in [0.25, 0.3) is 21.5 Å². The van der Waals surface area contributed by atoms with E-state index in [0.717, 1.165) is 16.0 Å². The Kier molecular flexibility index (Phi) is 5.16. The average molecular weight is 393 g/mol. The smallest absolute Gasteiger partial charge is 0.344 e. The van der Waals surface area contributed by atoms with E-state index < -0.39 is 11.6 Å². The van der Waals surface area contributed by atoms with Crippen LogP contribution in [-0.2, 0) is 16.1 Å². The number of ether oxygens (including phenoxy) is 2. The van der Waals surface area contributed by atoms with Gasteiger partial charge in [-0.2, -0.15) is 0 Å². The number of carbonyl (C=O) groups is 1. The van der Waals surface area contributed by atoms with Crippen LogP contribution in [0.1, 0.15) is 5.69 Å². The third kappa shape index (κ3) is 4.27. The van der Waals surface area contributed by atoms with Gasteiger partial charge >= 0.3 is 11.6 Å². The second-order valence-electron chi connectivity index (χ2n) is 5.91. The van der Waals surface area contributed by atoms with Crippen molar-refractivity contribution in [1.82, 2.24) is 4.98 Å². The predicted octanol–water partition coefficient (Wildman–Crippen LogP) is 4.04. The Labute approximate surface area is 164 Å². The topological polar surface area (TPSA) is 78.6 Å². The number of nitrogens with zero attached hydrogens (tertiary/aromatic N) is 1. The summed E-state index contributed by atoms with van der Waals surface area (Å²) in [6, 6.07) is 17.8. The molecule has 0 bridgehead atoms. The van der Waals surface area contributed by atoms with Gasteiger partial charge in [-0.3, -0.25) is 0 Å². The van der Waals surface area contributed by atoms with Crippen molar-refractivity contribution in [1.29, 1.82) is 0 Å². The molecule has 0 aliphatic rings. The van der Waals surface area contributed by atoms with Crippen LogP contribution in [0, 0.1) is 0 Å². The lowest BCUT2D eigenvalue weighted by Crippen LogP contribution is -2.14. The van der Waals surface area contributed by atoms with Crippen LogP contribution in [0.4, 0.5) is 0 Å². The zero-order valence-corrected chi connectivity index (χ0v) is 15.5. The maximum absolute atomic E-state index is 11.9. The molecule has 4 aromatic rings. The minimum absolute atomic E-state index is 0.0815. The van der Waals surface area contributed by atoms with E-state index in [1.54, 1.807) is 24.3 Å². The van der Waals surface area contributed by atoms with Gasteiger partial charge in [-0.1, -0.05) is 30.3 Å². The molecule has 2 heterocycles. The molecule has 7 heteroatoms. The van der Waals surface area contributed by atoms with Gasteiger partial charge in [0.2, 0.25) is 0 Å². The fourth-order valence-corrected chi connectivity index (χ4v) is 3.37. The van der Waals surface area contributed by atoms with Crippen LogP contribution in [0.3, 0.4) is 0 Å². The summed E-state index contributed by atoms with van der Waals surface area (Å²) in [5, 5.41) is 3.51. The molecule has 0 N–H and O–H groups in total. The SMILES string of the molecule is O=C(COc1ccc2ccc(=O)oc2c1)OCc1csc(-c2ccccc2)n1. The summed E-state index contributed by atoms with van der Waals surface area (Å²) in [5.74, 6) is -0.0947. The van der Waals surface area contributed by atoms with E-state index in [1.165, 1.54) is 17.4 Å². The Morgan fingerprint density at radius 1 is 1.07 bits per heavy atom. The number of thiazole rings is 1. The van der Waals surface area contributed by atoms with Crippen molar-refractivity contribution in [2.75, 3.05) is 6.61 Å². The first-order valence-corrected chi connectivity index (χ1v) is 9.37. The molecule has 0 unspecified atom stereocenters. The van der Waals surface area contributed by atoms with Crippen molar-refractivity contribution < 1.29 is 18.7 Å². The largest absolute Gasteiger partial charge is 0.482 e. The van der Waals surface area contributed by atoms with Gasteiger partial charge in [0.1, 0.15) is 22.9 Å². The first kappa shape index (κ1) is 17.9. The number of hydrogen-bond acceptors (Lipinski definition) is 7. The van der Waals surface area contributed by atoms with Crippen molar-refractivity contribution >= 4 is 28.3 Å². The summed E-state index contributed by atoms with van der Waals surface area (Å²) >= 11 is 1.50. The Balaban J connectivity index is 1.31. The first-order valence-electron chi connectivity index (χ1n) is 8.49. The van der Waals surface area contributed by atoms with Gasteiger partial charge in [0.05, 0.1) is 5.69 Å². The summed E-state index contributed by atoms with van der Waals surface area (Å²) in [6.07, 6.45) is 0. The van der Waals surface area contributed by atoms with Crippen molar-refractivity contribution in [3.8, 4) is 16.3 Å². The van der Waals surface area contributed by atoms with E-state index >= 15 is 0 Å². The lowest BCUT2D eigenvalue weighted by atomic mass is 10.2. The van der Waals surface area contributed by atoms with Crippen molar-refractivity contribution in [2.24, 2.45) is 0 Å². The highest BCUT2D eigenvalue weighted by Gasteiger charge is 2.09. The van der Waals surface area contributed by atoms with Gasteiger partial charge in [-0.25, -0.2) is 14.6 Å². The van der Waals surface area contributed by atoms with E-state index in [-0.39, 0.29) is 13.2 Å². The molecule has 0 saturated heterocycles. The third-order valence-electron chi connectivity index (χ3n) is 3.90. The fraction of sp³-hybridized carbons (Fsp3) is 0.0952. The highest BCUT2D eigenvalue weighted by Crippen LogP contribution is 2.23. The molecule has 0 spiro atoms. The second-order valence-corrected chi connectivity index (χ2v) is 6.77. The molecule has 140 valence electrons. The van der Waals surface area contributed by atoms with Gasteiger partial charge in [0.15, 0.2) is 6.61 Å². The molecule has 0 amide bonds. The number of hydrogen-bond donors (Lipinski definition) is 0. The van der Waals surface area contributed by atoms with Gasteiger partial charge in [0, 0.05) is 28.5 Å². The molecule has 6 nitrogen and oxygen atoms in total. The summed E-state index contributed by atoms with van der Waals surface area (Å²) in [6.45, 7) is -0.170. The standard InChI is InChI=1S/C21H15NO5S/c23-19-9-7-14-6-8-17(10-18(14)27-19)25-12-20(24)26-11-16-13-28-21(22-16)15-4-2-1-3-5-15/h1-10,13H,11-12H2. The molecule has 2 aromatic carbocycles. The second kappa shape index (κ2) is 8.06. The minimum atomic E-state index is -0.510. The number of aromatic nitrogens is 1. The first-order chi connectivity index (χ1) is 13.7. The molecule has 0 aliphatic carbocycles. The van der Waals surface area contributed by atoms with E-state index in [9.17, 15) is 9.59 Å². The van der Waals surface area contributed by atoms with Gasteiger partial charge < -0.3 is 13.9 Å². The van der Waals surface area contributed by atoms with E-state index in [1.807, 2.05) is 35.7 Å². The van der Waals surface area contributed by atoms with Crippen molar-refractivity contribution in [2.45, 2.75) is 6.61 Å². The molecule has 0 aliphatic heterocycles. The highest BCUT2D eigenvalue weighted by atomic mass is 32.1. The maximum atomic E-state index is 11.9. The molecular formula is C21H15NO5S. The van der Waals surface area contributed by atoms with Crippen molar-refractivity contribution in [3.63, 3.8) is 0 Å². The number of esters is 1. The van der Waals surface area contributed by atoms with E-state index in [4.69, 9.17) is 13.9 Å². The van der Waals surface area contributed by atoms with Crippen LogP contribution in [-0.4, -0.2) is 17.6 Å². The minimum Gasteiger partial charge on any atom is -0.482 e. The monoisotopic (exact) mass is 393 g/mol. The van der Waals surface area contributed by atoms with Crippen LogP contribution in [0.15, 0.2) is 75.3 Å². The molecule has 0 fully saturated rings. The highest BCUT2D eigenvalue weighted by molar-refractivity contribution is 7.13. The normalized spacial score (nSPS) is 10.7. The van der Waals surface area contributed by atoms with Crippen LogP contribution >= 0.6 is 11.3 Å². The Morgan fingerprint density at radius 2 is 1.89 bits per heavy atom. The lowest BCUT2D eigenvalue weighted by Gasteiger charge is -2.06. The van der Waals surface area contributed by atoms with Gasteiger partial charge in [-0.05, 0) is 18.2 Å². The van der Waals surface area contributed by atoms with Crippen LogP contribution < -0.4 is 10.4 Å². The molecular weight excluding hydrogens is 378 g/mol. The summed E-state index contributed by atoms with van der Waals surface area (Å²) in [5.41, 5.74) is 1.66. The third-order valence-corrected chi connectivity index (χ3v) is 4.84. The Hall–Kier alpha value is -3.45. The quantitative estimate of drug-likeness (QED) is 0.363. The summed E-state index contributed by atoms with van der Waals surface area (Å²) < 4.78 is 15.7. The Morgan fingerprint density at radius 3 is 2.75 bits per heavy atom. The fourth-order valence-electron chi connectivity index (χ4n) is 2.56. The molecule has 2 aromatic heterocycles. The summed E-state index contributed by atoms with van der Waals surface area (Å²) in [4.78, 5) is 27.7. The average Bonchev–Trinajstić information content (AvgIpc) is 3.20. The van der Waals surface area contributed by atoms with Crippen molar-refractivity contribution in [3.05, 3.63) is 82.2 Å². The zero-order valence-electron chi connectivity index (χ0n) is 14.7. The molecule has 28 heavy (non-hydrogen) atoms. The maximum Gasteiger partial charge on any atom is 0.344 e. The molecule has 0 saturated carbocycles. The number of carbonyl (C=O) groups excluding carboxylic acids is 1. The van der Waals surface area contributed by atoms with E-state index in [2.05, 4.69) is 4.98 Å². The number of benzene rings is 2. The predicted molar refractivity (Wildman–Crippen MR) is 105 cm³/mol. The molecule has 4 rings (SSSR count). The summed E-state index contributed by atoms with van der Waals surface area (Å²) in [7, 11) is 0. The number of fused-ring (bicyclic) bond motifs is 1. The van der Waals surface area contributed by atoms with Crippen LogP contribution in [0.5, 0.6) is 5.75 Å². The molecule has 0 radical (unpaired) electrons. The number of rotatable bonds is 6. The lowest BCUT2D eigenvalue weighted by molar-refractivity contribution is -0.147. The van der Waals surface area contributed by atoms with Gasteiger partial charge in [0.25, 0.3) is 0 Å². The zero-order chi connectivity index (χ0) is 19.3. The van der Waals surface area contributed by atoms with Gasteiger partial charge in [-0.15, -0.1) is 11.3 Å². The van der Waals surface area contributed by atoms with E-state index in [0.29, 0.717) is 17.0 Å². The Bertz CT molecular complexity index is 1170. The molecule has 0 atom stereocenters.